The number of thiophene rings is 1. The number of amides is 1. The SMILES string of the molecule is N#Cc1cccc(NC(=O)c2sccc2S(=O)(=O)N2CCN(c3cccc(Cl)c3)CC2)c1. The fraction of sp³-hybridized carbons (Fsp3) is 0.182. The van der Waals surface area contributed by atoms with Gasteiger partial charge in [0.15, 0.2) is 0 Å². The predicted molar refractivity (Wildman–Crippen MR) is 126 cm³/mol. The number of nitrogens with zero attached hydrogens (tertiary/aromatic N) is 3. The van der Waals surface area contributed by atoms with E-state index in [1.54, 1.807) is 29.6 Å². The number of hydrogen-bond acceptors (Lipinski definition) is 6. The Hall–Kier alpha value is -2.90. The third kappa shape index (κ3) is 4.64. The van der Waals surface area contributed by atoms with Crippen LogP contribution in [-0.2, 0) is 10.0 Å². The number of halogens is 1. The molecule has 7 nitrogen and oxygen atoms in total. The summed E-state index contributed by atoms with van der Waals surface area (Å²) in [6, 6.07) is 17.4. The second kappa shape index (κ2) is 9.30. The summed E-state index contributed by atoms with van der Waals surface area (Å²) in [6.45, 7) is 1.64. The minimum absolute atomic E-state index is 0.00681. The van der Waals surface area contributed by atoms with Crippen LogP contribution < -0.4 is 10.2 Å². The topological polar surface area (TPSA) is 93.5 Å². The summed E-state index contributed by atoms with van der Waals surface area (Å²) in [7, 11) is -3.84. The van der Waals surface area contributed by atoms with Crippen LogP contribution in [0, 0.1) is 11.3 Å². The summed E-state index contributed by atoms with van der Waals surface area (Å²) in [4.78, 5) is 15.0. The highest BCUT2D eigenvalue weighted by molar-refractivity contribution is 7.89. The van der Waals surface area contributed by atoms with E-state index < -0.39 is 15.9 Å². The predicted octanol–water partition coefficient (Wildman–Crippen LogP) is 4.04. The third-order valence-electron chi connectivity index (χ3n) is 5.11. The molecule has 164 valence electrons. The lowest BCUT2D eigenvalue weighted by molar-refractivity contribution is 0.102. The van der Waals surface area contributed by atoms with Crippen LogP contribution in [0.5, 0.6) is 0 Å². The summed E-state index contributed by atoms with van der Waals surface area (Å²) in [6.07, 6.45) is 0. The van der Waals surface area contributed by atoms with Gasteiger partial charge in [0.25, 0.3) is 5.91 Å². The Kier molecular flexibility index (Phi) is 6.48. The van der Waals surface area contributed by atoms with Gasteiger partial charge in [0, 0.05) is 42.6 Å². The number of benzene rings is 2. The van der Waals surface area contributed by atoms with Crippen LogP contribution in [0.15, 0.2) is 64.9 Å². The smallest absolute Gasteiger partial charge is 0.267 e. The molecule has 0 radical (unpaired) electrons. The van der Waals surface area contributed by atoms with E-state index in [1.807, 2.05) is 24.3 Å². The molecule has 1 aliphatic heterocycles. The van der Waals surface area contributed by atoms with Crippen LogP contribution >= 0.6 is 22.9 Å². The molecule has 1 saturated heterocycles. The maximum atomic E-state index is 13.3. The first-order valence-corrected chi connectivity index (χ1v) is 12.5. The molecule has 1 fully saturated rings. The van der Waals surface area contributed by atoms with Gasteiger partial charge < -0.3 is 10.2 Å². The highest BCUT2D eigenvalue weighted by Gasteiger charge is 2.32. The van der Waals surface area contributed by atoms with E-state index in [9.17, 15) is 13.2 Å². The van der Waals surface area contributed by atoms with Gasteiger partial charge >= 0.3 is 0 Å². The van der Waals surface area contributed by atoms with Crippen LogP contribution in [0.4, 0.5) is 11.4 Å². The molecule has 2 heterocycles. The fourth-order valence-corrected chi connectivity index (χ4v) is 6.42. The van der Waals surface area contributed by atoms with E-state index in [0.29, 0.717) is 42.5 Å². The van der Waals surface area contributed by atoms with Gasteiger partial charge in [-0.25, -0.2) is 8.42 Å². The van der Waals surface area contributed by atoms with Gasteiger partial charge in [0.05, 0.1) is 11.6 Å². The van der Waals surface area contributed by atoms with Gasteiger partial charge in [0.2, 0.25) is 10.0 Å². The quantitative estimate of drug-likeness (QED) is 0.587. The molecule has 0 spiro atoms. The van der Waals surface area contributed by atoms with E-state index in [2.05, 4.69) is 10.2 Å². The average Bonchev–Trinajstić information content (AvgIpc) is 3.30. The maximum absolute atomic E-state index is 13.3. The molecule has 0 aliphatic carbocycles. The molecule has 3 aromatic rings. The van der Waals surface area contributed by atoms with Crippen molar-refractivity contribution in [3.8, 4) is 6.07 Å². The van der Waals surface area contributed by atoms with E-state index in [0.717, 1.165) is 17.0 Å². The van der Waals surface area contributed by atoms with Crippen molar-refractivity contribution in [2.75, 3.05) is 36.4 Å². The first-order valence-electron chi connectivity index (χ1n) is 9.78. The molecule has 1 N–H and O–H groups in total. The molecule has 32 heavy (non-hydrogen) atoms. The van der Waals surface area contributed by atoms with Crippen molar-refractivity contribution >= 4 is 50.2 Å². The third-order valence-corrected chi connectivity index (χ3v) is 8.33. The second-order valence-electron chi connectivity index (χ2n) is 7.13. The molecule has 0 atom stereocenters. The van der Waals surface area contributed by atoms with Crippen molar-refractivity contribution in [1.82, 2.24) is 4.31 Å². The average molecular weight is 487 g/mol. The lowest BCUT2D eigenvalue weighted by Gasteiger charge is -2.35. The Morgan fingerprint density at radius 1 is 1.06 bits per heavy atom. The number of piperazine rings is 1. The van der Waals surface area contributed by atoms with Gasteiger partial charge in [-0.15, -0.1) is 11.3 Å². The normalized spacial score (nSPS) is 14.7. The Labute approximate surface area is 195 Å². The number of nitriles is 1. The zero-order valence-electron chi connectivity index (χ0n) is 16.9. The zero-order chi connectivity index (χ0) is 22.7. The Balaban J connectivity index is 1.49. The Morgan fingerprint density at radius 2 is 1.81 bits per heavy atom. The number of carbonyl (C=O) groups is 1. The first kappa shape index (κ1) is 22.3. The van der Waals surface area contributed by atoms with Crippen molar-refractivity contribution in [2.45, 2.75) is 4.90 Å². The summed E-state index contributed by atoms with van der Waals surface area (Å²) >= 11 is 7.14. The summed E-state index contributed by atoms with van der Waals surface area (Å²) < 4.78 is 28.0. The van der Waals surface area contributed by atoms with Crippen LogP contribution in [-0.4, -0.2) is 44.8 Å². The minimum Gasteiger partial charge on any atom is -0.369 e. The van der Waals surface area contributed by atoms with Gasteiger partial charge in [-0.2, -0.15) is 9.57 Å². The molecule has 10 heteroatoms. The molecule has 4 rings (SSSR count). The van der Waals surface area contributed by atoms with Gasteiger partial charge in [0.1, 0.15) is 9.77 Å². The molecule has 2 aromatic carbocycles. The van der Waals surface area contributed by atoms with Crippen molar-refractivity contribution in [3.63, 3.8) is 0 Å². The number of sulfonamides is 1. The summed E-state index contributed by atoms with van der Waals surface area (Å²) in [5.74, 6) is -0.522. The molecule has 1 aromatic heterocycles. The van der Waals surface area contributed by atoms with Crippen molar-refractivity contribution in [3.05, 3.63) is 75.4 Å². The van der Waals surface area contributed by atoms with E-state index in [1.165, 1.54) is 16.4 Å². The second-order valence-corrected chi connectivity index (χ2v) is 10.4. The van der Waals surface area contributed by atoms with Crippen LogP contribution in [0.1, 0.15) is 15.2 Å². The largest absolute Gasteiger partial charge is 0.369 e. The van der Waals surface area contributed by atoms with E-state index >= 15 is 0 Å². The minimum atomic E-state index is -3.84. The highest BCUT2D eigenvalue weighted by atomic mass is 35.5. The van der Waals surface area contributed by atoms with Crippen LogP contribution in [0.3, 0.4) is 0 Å². The number of nitrogens with one attached hydrogen (secondary N) is 1. The molecule has 1 amide bonds. The lowest BCUT2D eigenvalue weighted by Crippen LogP contribution is -2.48. The van der Waals surface area contributed by atoms with Crippen molar-refractivity contribution < 1.29 is 13.2 Å². The van der Waals surface area contributed by atoms with Crippen molar-refractivity contribution in [2.24, 2.45) is 0 Å². The van der Waals surface area contributed by atoms with Gasteiger partial charge in [-0.05, 0) is 47.8 Å². The molecular weight excluding hydrogens is 468 g/mol. The van der Waals surface area contributed by atoms with Crippen molar-refractivity contribution in [1.29, 1.82) is 5.26 Å². The molecule has 0 bridgehead atoms. The Morgan fingerprint density at radius 3 is 2.53 bits per heavy atom. The number of anilines is 2. The number of hydrogen-bond donors (Lipinski definition) is 1. The first-order chi connectivity index (χ1) is 15.4. The van der Waals surface area contributed by atoms with Crippen LogP contribution in [0.2, 0.25) is 5.02 Å². The lowest BCUT2D eigenvalue weighted by atomic mass is 10.2. The number of carbonyl (C=O) groups excluding carboxylic acids is 1. The molecule has 0 saturated carbocycles. The summed E-state index contributed by atoms with van der Waals surface area (Å²) in [5.41, 5.74) is 1.78. The highest BCUT2D eigenvalue weighted by Crippen LogP contribution is 2.28. The van der Waals surface area contributed by atoms with Gasteiger partial charge in [-0.3, -0.25) is 4.79 Å². The van der Waals surface area contributed by atoms with E-state index in [-0.39, 0.29) is 9.77 Å². The summed E-state index contributed by atoms with van der Waals surface area (Å²) in [5, 5.41) is 13.9. The maximum Gasteiger partial charge on any atom is 0.267 e. The standard InChI is InChI=1S/C22H19ClN4O3S2/c23-17-4-2-6-19(14-17)26-8-10-27(11-9-26)32(29,30)20-7-12-31-21(20)22(28)25-18-5-1-3-16(13-18)15-24/h1-7,12-14H,8-11H2,(H,25,28). The monoisotopic (exact) mass is 486 g/mol. The Bertz CT molecular complexity index is 1290. The van der Waals surface area contributed by atoms with Crippen LogP contribution in [0.25, 0.3) is 0 Å². The zero-order valence-corrected chi connectivity index (χ0v) is 19.3. The molecule has 0 unspecified atom stereocenters. The van der Waals surface area contributed by atoms with E-state index in [4.69, 9.17) is 16.9 Å². The number of rotatable bonds is 5. The molecule has 1 aliphatic rings. The fourth-order valence-electron chi connectivity index (χ4n) is 3.52. The van der Waals surface area contributed by atoms with Gasteiger partial charge in [-0.1, -0.05) is 23.7 Å². The molecular formula is C22H19ClN4O3S2.